The third-order valence-corrected chi connectivity index (χ3v) is 6.76. The molecule has 36 heavy (non-hydrogen) atoms. The molecule has 0 bridgehead atoms. The van der Waals surface area contributed by atoms with Crippen molar-refractivity contribution in [1.29, 1.82) is 0 Å². The number of nitrogens with zero attached hydrogens (tertiary/aromatic N) is 5. The molecule has 3 amide bonds. The lowest BCUT2D eigenvalue weighted by atomic mass is 10.1. The van der Waals surface area contributed by atoms with Crippen molar-refractivity contribution in [3.63, 3.8) is 0 Å². The van der Waals surface area contributed by atoms with Crippen LogP contribution in [0.3, 0.4) is 0 Å². The number of piperazine rings is 1. The molecule has 2 aliphatic rings. The van der Waals surface area contributed by atoms with E-state index in [0.29, 0.717) is 56.9 Å². The van der Waals surface area contributed by atoms with E-state index >= 15 is 0 Å². The third kappa shape index (κ3) is 5.46. The average molecular weight is 487 g/mol. The van der Waals surface area contributed by atoms with Gasteiger partial charge in [0.1, 0.15) is 0 Å². The van der Waals surface area contributed by atoms with Gasteiger partial charge >= 0.3 is 0 Å². The first-order chi connectivity index (χ1) is 17.6. The lowest BCUT2D eigenvalue weighted by Gasteiger charge is -2.35. The molecule has 2 aromatic carbocycles. The van der Waals surface area contributed by atoms with Crippen LogP contribution >= 0.6 is 0 Å². The molecule has 1 aromatic heterocycles. The van der Waals surface area contributed by atoms with Gasteiger partial charge in [0.25, 0.3) is 5.91 Å². The number of para-hydroxylation sites is 1. The number of aryl methyl sites for hydroxylation is 1. The van der Waals surface area contributed by atoms with E-state index in [0.717, 1.165) is 18.7 Å². The molecule has 9 nitrogen and oxygen atoms in total. The van der Waals surface area contributed by atoms with Gasteiger partial charge in [-0.05, 0) is 36.2 Å². The van der Waals surface area contributed by atoms with Crippen LogP contribution in [0.15, 0.2) is 67.3 Å². The van der Waals surface area contributed by atoms with E-state index in [1.807, 2.05) is 38.8 Å². The summed E-state index contributed by atoms with van der Waals surface area (Å²) in [5.41, 5.74) is 3.38. The lowest BCUT2D eigenvalue weighted by Crippen LogP contribution is -2.51. The SMILES string of the molecule is O=C(CCn1ccnc1)Nc1cccc(C(=O)N2CCN(CC(=O)N3CCc4ccccc43)CC2)c1. The Bertz CT molecular complexity index is 1230. The fourth-order valence-electron chi connectivity index (χ4n) is 4.77. The van der Waals surface area contributed by atoms with Gasteiger partial charge in [-0.25, -0.2) is 4.98 Å². The molecule has 0 radical (unpaired) electrons. The fourth-order valence-corrected chi connectivity index (χ4v) is 4.77. The van der Waals surface area contributed by atoms with Gasteiger partial charge in [-0.1, -0.05) is 24.3 Å². The molecule has 9 heteroatoms. The van der Waals surface area contributed by atoms with Gasteiger partial charge in [-0.2, -0.15) is 0 Å². The van der Waals surface area contributed by atoms with Gasteiger partial charge in [0.15, 0.2) is 0 Å². The molecule has 5 rings (SSSR count). The number of hydrogen-bond acceptors (Lipinski definition) is 5. The van der Waals surface area contributed by atoms with Crippen LogP contribution in [0, 0.1) is 0 Å². The zero-order valence-corrected chi connectivity index (χ0v) is 20.2. The Balaban J connectivity index is 1.11. The summed E-state index contributed by atoms with van der Waals surface area (Å²) in [6.45, 7) is 4.05. The first kappa shape index (κ1) is 23.7. The van der Waals surface area contributed by atoms with Crippen LogP contribution < -0.4 is 10.2 Å². The summed E-state index contributed by atoms with van der Waals surface area (Å²) in [7, 11) is 0. The molecule has 0 spiro atoms. The van der Waals surface area contributed by atoms with E-state index in [4.69, 9.17) is 0 Å². The van der Waals surface area contributed by atoms with Gasteiger partial charge in [0.05, 0.1) is 12.9 Å². The number of rotatable bonds is 7. The monoisotopic (exact) mass is 486 g/mol. The molecule has 1 saturated heterocycles. The summed E-state index contributed by atoms with van der Waals surface area (Å²) in [4.78, 5) is 48.1. The molecule has 186 valence electrons. The van der Waals surface area contributed by atoms with Crippen molar-refractivity contribution in [3.8, 4) is 0 Å². The Morgan fingerprint density at radius 2 is 1.78 bits per heavy atom. The highest BCUT2D eigenvalue weighted by Gasteiger charge is 2.28. The molecule has 2 aliphatic heterocycles. The minimum Gasteiger partial charge on any atom is -0.337 e. The van der Waals surface area contributed by atoms with E-state index in [9.17, 15) is 14.4 Å². The molecule has 0 aliphatic carbocycles. The Morgan fingerprint density at radius 3 is 2.58 bits per heavy atom. The van der Waals surface area contributed by atoms with Crippen molar-refractivity contribution in [2.45, 2.75) is 19.4 Å². The highest BCUT2D eigenvalue weighted by Crippen LogP contribution is 2.27. The Labute approximate surface area is 210 Å². The summed E-state index contributed by atoms with van der Waals surface area (Å²) in [6, 6.07) is 15.1. The van der Waals surface area contributed by atoms with Crippen LogP contribution in [0.2, 0.25) is 0 Å². The second kappa shape index (κ2) is 10.7. The van der Waals surface area contributed by atoms with E-state index in [1.165, 1.54) is 5.56 Å². The predicted molar refractivity (Wildman–Crippen MR) is 137 cm³/mol. The highest BCUT2D eigenvalue weighted by atomic mass is 16.2. The summed E-state index contributed by atoms with van der Waals surface area (Å²) >= 11 is 0. The number of benzene rings is 2. The average Bonchev–Trinajstić information content (AvgIpc) is 3.58. The van der Waals surface area contributed by atoms with Crippen LogP contribution in [0.5, 0.6) is 0 Å². The summed E-state index contributed by atoms with van der Waals surface area (Å²) in [5, 5.41) is 2.87. The first-order valence-corrected chi connectivity index (χ1v) is 12.3. The molecular weight excluding hydrogens is 456 g/mol. The normalized spacial score (nSPS) is 15.6. The molecule has 0 unspecified atom stereocenters. The number of aromatic nitrogens is 2. The first-order valence-electron chi connectivity index (χ1n) is 12.3. The molecule has 0 atom stereocenters. The maximum absolute atomic E-state index is 13.1. The van der Waals surface area contributed by atoms with Gasteiger partial charge in [0.2, 0.25) is 11.8 Å². The number of amides is 3. The van der Waals surface area contributed by atoms with Crippen LogP contribution in [-0.4, -0.2) is 76.3 Å². The highest BCUT2D eigenvalue weighted by molar-refractivity contribution is 5.98. The predicted octanol–water partition coefficient (Wildman–Crippen LogP) is 2.26. The fraction of sp³-hybridized carbons (Fsp3) is 0.333. The van der Waals surface area contributed by atoms with Crippen LogP contribution in [-0.2, 0) is 22.6 Å². The van der Waals surface area contributed by atoms with Gasteiger partial charge < -0.3 is 19.7 Å². The third-order valence-electron chi connectivity index (χ3n) is 6.76. The maximum atomic E-state index is 13.1. The largest absolute Gasteiger partial charge is 0.337 e. The molecule has 3 heterocycles. The van der Waals surface area contributed by atoms with E-state index in [1.54, 1.807) is 36.8 Å². The number of carbonyl (C=O) groups is 3. The zero-order chi connectivity index (χ0) is 24.9. The second-order valence-electron chi connectivity index (χ2n) is 9.17. The minimum absolute atomic E-state index is 0.0658. The zero-order valence-electron chi connectivity index (χ0n) is 20.2. The minimum atomic E-state index is -0.118. The number of imidazole rings is 1. The van der Waals surface area contributed by atoms with Gasteiger partial charge in [-0.3, -0.25) is 19.3 Å². The number of nitrogens with one attached hydrogen (secondary N) is 1. The topological polar surface area (TPSA) is 90.8 Å². The van der Waals surface area contributed by atoms with Crippen molar-refractivity contribution in [1.82, 2.24) is 19.4 Å². The summed E-state index contributed by atoms with van der Waals surface area (Å²) < 4.78 is 1.84. The van der Waals surface area contributed by atoms with E-state index in [2.05, 4.69) is 21.3 Å². The number of fused-ring (bicyclic) bond motifs is 1. The van der Waals surface area contributed by atoms with Crippen LogP contribution in [0.25, 0.3) is 0 Å². The second-order valence-corrected chi connectivity index (χ2v) is 9.17. The quantitative estimate of drug-likeness (QED) is 0.553. The molecule has 1 fully saturated rings. The summed E-state index contributed by atoms with van der Waals surface area (Å²) in [6.07, 6.45) is 6.38. The number of hydrogen-bond donors (Lipinski definition) is 1. The molecule has 0 saturated carbocycles. The van der Waals surface area contributed by atoms with Gasteiger partial charge in [-0.15, -0.1) is 0 Å². The standard InChI is InChI=1S/C27H30N6O3/c34-25(9-11-31-13-10-28-20-31)29-23-6-3-5-22(18-23)27(36)32-16-14-30(15-17-32)19-26(35)33-12-8-21-4-1-2-7-24(21)33/h1-7,10,13,18,20H,8-9,11-12,14-17,19H2,(H,29,34). The van der Waals surface area contributed by atoms with Crippen molar-refractivity contribution in [2.24, 2.45) is 0 Å². The number of anilines is 2. The van der Waals surface area contributed by atoms with Gasteiger partial charge in [0, 0.05) is 75.0 Å². The van der Waals surface area contributed by atoms with Crippen molar-refractivity contribution >= 4 is 29.1 Å². The molecule has 3 aromatic rings. The van der Waals surface area contributed by atoms with E-state index in [-0.39, 0.29) is 17.7 Å². The molecule has 1 N–H and O–H groups in total. The van der Waals surface area contributed by atoms with Crippen LogP contribution in [0.4, 0.5) is 11.4 Å². The Hall–Kier alpha value is -3.98. The van der Waals surface area contributed by atoms with Crippen LogP contribution in [0.1, 0.15) is 22.3 Å². The van der Waals surface area contributed by atoms with Crippen molar-refractivity contribution in [2.75, 3.05) is 49.5 Å². The van der Waals surface area contributed by atoms with E-state index < -0.39 is 0 Å². The smallest absolute Gasteiger partial charge is 0.254 e. The van der Waals surface area contributed by atoms with Crippen molar-refractivity contribution in [3.05, 3.63) is 78.4 Å². The molecular formula is C27H30N6O3. The Morgan fingerprint density at radius 1 is 0.944 bits per heavy atom. The summed E-state index contributed by atoms with van der Waals surface area (Å²) in [5.74, 6) is -0.0765. The lowest BCUT2D eigenvalue weighted by molar-refractivity contribution is -0.120. The maximum Gasteiger partial charge on any atom is 0.254 e. The Kier molecular flexibility index (Phi) is 7.08. The number of carbonyl (C=O) groups excluding carboxylic acids is 3. The van der Waals surface area contributed by atoms with Crippen molar-refractivity contribution < 1.29 is 14.4 Å².